The second kappa shape index (κ2) is 6.06. The molecule has 0 aliphatic heterocycles. The van der Waals surface area contributed by atoms with Gasteiger partial charge in [-0.2, -0.15) is 0 Å². The minimum atomic E-state index is -0.0564. The van der Waals surface area contributed by atoms with Gasteiger partial charge in [0.25, 0.3) is 5.56 Å². The highest BCUT2D eigenvalue weighted by Crippen LogP contribution is 2.30. The maximum Gasteiger partial charge on any atom is 0.263 e. The Morgan fingerprint density at radius 2 is 1.67 bits per heavy atom. The fourth-order valence-electron chi connectivity index (χ4n) is 2.94. The summed E-state index contributed by atoms with van der Waals surface area (Å²) >= 11 is 1.51. The van der Waals surface area contributed by atoms with Gasteiger partial charge in [0.05, 0.1) is 17.8 Å². The van der Waals surface area contributed by atoms with Crippen molar-refractivity contribution < 1.29 is 0 Å². The summed E-state index contributed by atoms with van der Waals surface area (Å²) in [5.41, 5.74) is 3.11. The van der Waals surface area contributed by atoms with Crippen molar-refractivity contribution in [2.75, 3.05) is 0 Å². The van der Waals surface area contributed by atoms with Gasteiger partial charge in [-0.15, -0.1) is 11.3 Å². The lowest BCUT2D eigenvalue weighted by molar-refractivity contribution is 0.609. The first kappa shape index (κ1) is 14.8. The average molecular weight is 332 g/mol. The molecule has 3 nitrogen and oxygen atoms in total. The van der Waals surface area contributed by atoms with Crippen LogP contribution in [0.15, 0.2) is 77.2 Å². The van der Waals surface area contributed by atoms with E-state index in [0.717, 1.165) is 21.5 Å². The first-order valence-corrected chi connectivity index (χ1v) is 8.72. The van der Waals surface area contributed by atoms with Crippen molar-refractivity contribution in [1.82, 2.24) is 9.55 Å². The first-order valence-electron chi connectivity index (χ1n) is 7.84. The Hall–Kier alpha value is -2.72. The summed E-state index contributed by atoms with van der Waals surface area (Å²) in [5, 5.41) is 2.72. The summed E-state index contributed by atoms with van der Waals surface area (Å²) < 4.78 is 1.72. The molecule has 2 heterocycles. The van der Waals surface area contributed by atoms with Gasteiger partial charge in [-0.3, -0.25) is 9.36 Å². The van der Waals surface area contributed by atoms with E-state index in [4.69, 9.17) is 0 Å². The van der Waals surface area contributed by atoms with Gasteiger partial charge < -0.3 is 0 Å². The fourth-order valence-corrected chi connectivity index (χ4v) is 3.85. The maximum atomic E-state index is 13.1. The van der Waals surface area contributed by atoms with Crippen LogP contribution in [0.1, 0.15) is 18.5 Å². The van der Waals surface area contributed by atoms with E-state index in [2.05, 4.69) is 4.98 Å². The number of benzene rings is 2. The van der Waals surface area contributed by atoms with E-state index in [9.17, 15) is 4.79 Å². The number of fused-ring (bicyclic) bond motifs is 1. The predicted octanol–water partition coefficient (Wildman–Crippen LogP) is 4.73. The third-order valence-corrected chi connectivity index (χ3v) is 5.19. The molecule has 2 aromatic heterocycles. The number of nitrogens with zero attached hydrogens (tertiary/aromatic N) is 2. The number of rotatable bonds is 3. The van der Waals surface area contributed by atoms with Crippen molar-refractivity contribution in [2.45, 2.75) is 13.0 Å². The van der Waals surface area contributed by atoms with E-state index >= 15 is 0 Å². The van der Waals surface area contributed by atoms with Crippen LogP contribution in [-0.4, -0.2) is 9.55 Å². The Labute approximate surface area is 143 Å². The third-order valence-electron chi connectivity index (χ3n) is 4.30. The van der Waals surface area contributed by atoms with Crippen LogP contribution in [0.3, 0.4) is 0 Å². The molecule has 118 valence electrons. The van der Waals surface area contributed by atoms with E-state index in [0.29, 0.717) is 5.39 Å². The van der Waals surface area contributed by atoms with Crippen molar-refractivity contribution in [3.63, 3.8) is 0 Å². The summed E-state index contributed by atoms with van der Waals surface area (Å²) in [6, 6.07) is 20.0. The zero-order valence-corrected chi connectivity index (χ0v) is 14.0. The van der Waals surface area contributed by atoms with Crippen molar-refractivity contribution in [3.8, 4) is 11.1 Å². The van der Waals surface area contributed by atoms with Crippen LogP contribution in [0, 0.1) is 0 Å². The molecule has 0 unspecified atom stereocenters. The Morgan fingerprint density at radius 3 is 2.38 bits per heavy atom. The van der Waals surface area contributed by atoms with Crippen LogP contribution >= 0.6 is 11.3 Å². The van der Waals surface area contributed by atoms with Crippen LogP contribution in [-0.2, 0) is 0 Å². The zero-order valence-electron chi connectivity index (χ0n) is 13.2. The molecule has 0 N–H and O–H groups in total. The molecule has 24 heavy (non-hydrogen) atoms. The molecule has 0 saturated carbocycles. The standard InChI is InChI=1S/C20H16N2OS/c1-14(15-8-4-2-5-9-15)22-13-21-19-18(20(22)23)17(12-24-19)16-10-6-3-7-11-16/h2-14H,1H3/t14-/m0/s1. The molecule has 4 aromatic rings. The van der Waals surface area contributed by atoms with E-state index in [1.165, 1.54) is 11.3 Å². The average Bonchev–Trinajstić information content (AvgIpc) is 3.08. The first-order chi connectivity index (χ1) is 11.8. The molecule has 0 radical (unpaired) electrons. The van der Waals surface area contributed by atoms with Gasteiger partial charge in [-0.25, -0.2) is 4.98 Å². The topological polar surface area (TPSA) is 34.9 Å². The summed E-state index contributed by atoms with van der Waals surface area (Å²) in [5.74, 6) is 0. The summed E-state index contributed by atoms with van der Waals surface area (Å²) in [4.78, 5) is 18.4. The fraction of sp³-hybridized carbons (Fsp3) is 0.100. The third kappa shape index (κ3) is 2.45. The van der Waals surface area contributed by atoms with E-state index in [-0.39, 0.29) is 11.6 Å². The van der Waals surface area contributed by atoms with Gasteiger partial charge >= 0.3 is 0 Å². The van der Waals surface area contributed by atoms with Gasteiger partial charge in [0.15, 0.2) is 0 Å². The largest absolute Gasteiger partial charge is 0.291 e. The van der Waals surface area contributed by atoms with Crippen LogP contribution < -0.4 is 5.56 Å². The lowest BCUT2D eigenvalue weighted by Crippen LogP contribution is -2.24. The molecule has 0 amide bonds. The quantitative estimate of drug-likeness (QED) is 0.543. The van der Waals surface area contributed by atoms with Crippen molar-refractivity contribution in [2.24, 2.45) is 0 Å². The Morgan fingerprint density at radius 1 is 1.00 bits per heavy atom. The van der Waals surface area contributed by atoms with Crippen LogP contribution in [0.5, 0.6) is 0 Å². The smallest absolute Gasteiger partial charge is 0.263 e. The highest BCUT2D eigenvalue weighted by molar-refractivity contribution is 7.17. The molecule has 0 aliphatic rings. The normalized spacial score (nSPS) is 12.4. The molecule has 0 fully saturated rings. The van der Waals surface area contributed by atoms with Crippen molar-refractivity contribution >= 4 is 21.6 Å². The highest BCUT2D eigenvalue weighted by atomic mass is 32.1. The number of thiophene rings is 1. The van der Waals surface area contributed by atoms with E-state index in [1.807, 2.05) is 73.0 Å². The van der Waals surface area contributed by atoms with Gasteiger partial charge in [0.1, 0.15) is 4.83 Å². The molecule has 2 aromatic carbocycles. The number of aromatic nitrogens is 2. The van der Waals surface area contributed by atoms with Crippen LogP contribution in [0.25, 0.3) is 21.3 Å². The highest BCUT2D eigenvalue weighted by Gasteiger charge is 2.16. The lowest BCUT2D eigenvalue weighted by atomic mass is 10.1. The summed E-state index contributed by atoms with van der Waals surface area (Å²) in [6.45, 7) is 2.03. The number of hydrogen-bond donors (Lipinski definition) is 0. The monoisotopic (exact) mass is 332 g/mol. The molecule has 1 atom stereocenters. The Kier molecular flexibility index (Phi) is 3.75. The van der Waals surface area contributed by atoms with Gasteiger partial charge in [-0.1, -0.05) is 60.7 Å². The Bertz CT molecular complexity index is 1040. The molecule has 0 saturated heterocycles. The van der Waals surface area contributed by atoms with E-state index in [1.54, 1.807) is 10.9 Å². The van der Waals surface area contributed by atoms with Crippen LogP contribution in [0.4, 0.5) is 0 Å². The SMILES string of the molecule is C[C@@H](c1ccccc1)n1cnc2scc(-c3ccccc3)c2c1=O. The van der Waals surface area contributed by atoms with Crippen molar-refractivity contribution in [1.29, 1.82) is 0 Å². The van der Waals surface area contributed by atoms with E-state index < -0.39 is 0 Å². The maximum absolute atomic E-state index is 13.1. The minimum Gasteiger partial charge on any atom is -0.291 e. The second-order valence-corrected chi connectivity index (χ2v) is 6.60. The molecular formula is C20H16N2OS. The molecule has 0 aliphatic carbocycles. The van der Waals surface area contributed by atoms with Gasteiger partial charge in [-0.05, 0) is 18.1 Å². The summed E-state index contributed by atoms with van der Waals surface area (Å²) in [6.07, 6.45) is 1.66. The minimum absolute atomic E-state index is 0.0106. The van der Waals surface area contributed by atoms with Crippen LogP contribution in [0.2, 0.25) is 0 Å². The number of hydrogen-bond acceptors (Lipinski definition) is 3. The molecule has 0 spiro atoms. The summed E-state index contributed by atoms with van der Waals surface area (Å²) in [7, 11) is 0. The van der Waals surface area contributed by atoms with Gasteiger partial charge in [0, 0.05) is 10.9 Å². The second-order valence-electron chi connectivity index (χ2n) is 5.74. The molecule has 4 rings (SSSR count). The molecule has 4 heteroatoms. The molecule has 0 bridgehead atoms. The zero-order chi connectivity index (χ0) is 16.5. The van der Waals surface area contributed by atoms with Gasteiger partial charge in [0.2, 0.25) is 0 Å². The van der Waals surface area contributed by atoms with Crippen molar-refractivity contribution in [3.05, 3.63) is 88.3 Å². The molecular weight excluding hydrogens is 316 g/mol. The lowest BCUT2D eigenvalue weighted by Gasteiger charge is -2.15. The predicted molar refractivity (Wildman–Crippen MR) is 99.6 cm³/mol. The Balaban J connectivity index is 1.91.